The SMILES string of the molecule is Cc1ccc(C(NC(=O)c2cc(C#CC3CCN(C)CC3)n(CC(F)F)n2)c2cc(F)ccc2O)cc1. The number of phenols is 1. The molecule has 37 heavy (non-hydrogen) atoms. The zero-order valence-electron chi connectivity index (χ0n) is 20.7. The lowest BCUT2D eigenvalue weighted by atomic mass is 9.96. The minimum absolute atomic E-state index is 0.0960. The van der Waals surface area contributed by atoms with Gasteiger partial charge in [-0.2, -0.15) is 5.10 Å². The molecule has 0 aliphatic carbocycles. The predicted molar refractivity (Wildman–Crippen MR) is 134 cm³/mol. The summed E-state index contributed by atoms with van der Waals surface area (Å²) in [7, 11) is 2.04. The first kappa shape index (κ1) is 26.3. The number of likely N-dealkylation sites (tertiary alicyclic amines) is 1. The molecule has 0 saturated carbocycles. The van der Waals surface area contributed by atoms with Gasteiger partial charge in [-0.3, -0.25) is 9.48 Å². The molecule has 2 heterocycles. The molecule has 6 nitrogen and oxygen atoms in total. The number of nitrogens with zero attached hydrogens (tertiary/aromatic N) is 3. The van der Waals surface area contributed by atoms with Crippen molar-refractivity contribution in [1.82, 2.24) is 20.0 Å². The number of aromatic hydroxyl groups is 1. The Kier molecular flexibility index (Phi) is 8.19. The fourth-order valence-corrected chi connectivity index (χ4v) is 4.29. The predicted octanol–water partition coefficient (Wildman–Crippen LogP) is 4.51. The van der Waals surface area contributed by atoms with Crippen LogP contribution in [0.15, 0.2) is 48.5 Å². The Balaban J connectivity index is 1.64. The molecule has 1 aliphatic rings. The van der Waals surface area contributed by atoms with Crippen LogP contribution in [0.25, 0.3) is 0 Å². The molecule has 9 heteroatoms. The van der Waals surface area contributed by atoms with Gasteiger partial charge in [0.1, 0.15) is 23.8 Å². The highest BCUT2D eigenvalue weighted by Gasteiger charge is 2.24. The number of carbonyl (C=O) groups excluding carboxylic acids is 1. The average molecular weight is 511 g/mol. The summed E-state index contributed by atoms with van der Waals surface area (Å²) >= 11 is 0. The van der Waals surface area contributed by atoms with Gasteiger partial charge in [0, 0.05) is 17.5 Å². The second-order valence-corrected chi connectivity index (χ2v) is 9.36. The Labute approximate surface area is 214 Å². The van der Waals surface area contributed by atoms with Crippen molar-refractivity contribution in [2.24, 2.45) is 5.92 Å². The van der Waals surface area contributed by atoms with Gasteiger partial charge in [-0.25, -0.2) is 13.2 Å². The van der Waals surface area contributed by atoms with E-state index >= 15 is 0 Å². The molecular weight excluding hydrogens is 481 g/mol. The Morgan fingerprint density at radius 1 is 1.16 bits per heavy atom. The number of amides is 1. The number of hydrogen-bond donors (Lipinski definition) is 2. The molecule has 1 saturated heterocycles. The van der Waals surface area contributed by atoms with E-state index < -0.39 is 30.7 Å². The molecule has 1 aliphatic heterocycles. The smallest absolute Gasteiger partial charge is 0.272 e. The van der Waals surface area contributed by atoms with E-state index in [1.807, 2.05) is 26.1 Å². The van der Waals surface area contributed by atoms with E-state index in [1.54, 1.807) is 12.1 Å². The minimum Gasteiger partial charge on any atom is -0.508 e. The maximum Gasteiger partial charge on any atom is 0.272 e. The lowest BCUT2D eigenvalue weighted by molar-refractivity contribution is 0.0932. The number of nitrogens with one attached hydrogen (secondary N) is 1. The summed E-state index contributed by atoms with van der Waals surface area (Å²) in [6.45, 7) is 3.03. The van der Waals surface area contributed by atoms with Crippen LogP contribution in [0.3, 0.4) is 0 Å². The molecule has 0 bridgehead atoms. The summed E-state index contributed by atoms with van der Waals surface area (Å²) in [4.78, 5) is 15.5. The molecule has 1 amide bonds. The Morgan fingerprint density at radius 2 is 1.86 bits per heavy atom. The summed E-state index contributed by atoms with van der Waals surface area (Å²) < 4.78 is 41.6. The summed E-state index contributed by atoms with van der Waals surface area (Å²) in [6, 6.07) is 11.2. The van der Waals surface area contributed by atoms with Crippen molar-refractivity contribution in [3.63, 3.8) is 0 Å². The fraction of sp³-hybridized carbons (Fsp3) is 0.357. The monoisotopic (exact) mass is 510 g/mol. The first-order valence-corrected chi connectivity index (χ1v) is 12.1. The molecule has 1 aromatic heterocycles. The number of aromatic nitrogens is 2. The van der Waals surface area contributed by atoms with Crippen molar-refractivity contribution in [2.75, 3.05) is 20.1 Å². The standard InChI is InChI=1S/C28H29F3N4O2/c1-18-3-6-20(7-4-18)27(23-15-21(29)8-10-25(23)36)32-28(37)24-16-22(35(33-24)17-26(30)31)9-5-19-11-13-34(2)14-12-19/h3-4,6-8,10,15-16,19,26-27,36H,11-14,17H2,1-2H3,(H,32,37). The lowest BCUT2D eigenvalue weighted by Gasteiger charge is -2.25. The molecular formula is C28H29F3N4O2. The Bertz CT molecular complexity index is 1300. The van der Waals surface area contributed by atoms with E-state index in [-0.39, 0.29) is 28.6 Å². The first-order valence-electron chi connectivity index (χ1n) is 12.1. The molecule has 0 radical (unpaired) electrons. The van der Waals surface area contributed by atoms with E-state index in [4.69, 9.17) is 0 Å². The third-order valence-electron chi connectivity index (χ3n) is 6.43. The van der Waals surface area contributed by atoms with E-state index in [2.05, 4.69) is 27.2 Å². The number of aryl methyl sites for hydroxylation is 1. The molecule has 2 N–H and O–H groups in total. The highest BCUT2D eigenvalue weighted by atomic mass is 19.3. The highest BCUT2D eigenvalue weighted by molar-refractivity contribution is 5.93. The van der Waals surface area contributed by atoms with Crippen LogP contribution in [0.2, 0.25) is 0 Å². The normalized spacial score (nSPS) is 15.3. The van der Waals surface area contributed by atoms with Gasteiger partial charge in [-0.15, -0.1) is 0 Å². The third kappa shape index (κ3) is 6.71. The second-order valence-electron chi connectivity index (χ2n) is 9.36. The average Bonchev–Trinajstić information content (AvgIpc) is 3.26. The summed E-state index contributed by atoms with van der Waals surface area (Å²) in [5.41, 5.74) is 1.88. The van der Waals surface area contributed by atoms with Crippen LogP contribution in [-0.4, -0.2) is 52.3 Å². The van der Waals surface area contributed by atoms with Crippen LogP contribution >= 0.6 is 0 Å². The van der Waals surface area contributed by atoms with Crippen molar-refractivity contribution in [3.8, 4) is 17.6 Å². The number of alkyl halides is 2. The van der Waals surface area contributed by atoms with Crippen molar-refractivity contribution >= 4 is 5.91 Å². The number of carbonyl (C=O) groups is 1. The number of halogens is 3. The van der Waals surface area contributed by atoms with E-state index in [0.29, 0.717) is 5.56 Å². The number of piperidine rings is 1. The van der Waals surface area contributed by atoms with Crippen molar-refractivity contribution < 1.29 is 23.1 Å². The van der Waals surface area contributed by atoms with Crippen LogP contribution in [0.5, 0.6) is 5.75 Å². The van der Waals surface area contributed by atoms with Crippen LogP contribution in [0.1, 0.15) is 51.8 Å². The maximum atomic E-state index is 14.1. The minimum atomic E-state index is -2.68. The Hall–Kier alpha value is -3.77. The van der Waals surface area contributed by atoms with Gasteiger partial charge >= 0.3 is 0 Å². The van der Waals surface area contributed by atoms with Gasteiger partial charge in [-0.05, 0) is 69.6 Å². The highest BCUT2D eigenvalue weighted by Crippen LogP contribution is 2.30. The molecule has 1 unspecified atom stereocenters. The largest absolute Gasteiger partial charge is 0.508 e. The zero-order chi connectivity index (χ0) is 26.5. The molecule has 1 atom stereocenters. The van der Waals surface area contributed by atoms with E-state index in [9.17, 15) is 23.1 Å². The van der Waals surface area contributed by atoms with E-state index in [0.717, 1.165) is 48.3 Å². The number of phenolic OH excluding ortho intramolecular Hbond substituents is 1. The quantitative estimate of drug-likeness (QED) is 0.479. The van der Waals surface area contributed by atoms with Gasteiger partial charge in [0.25, 0.3) is 12.3 Å². The summed E-state index contributed by atoms with van der Waals surface area (Å²) in [5.74, 6) is 4.80. The molecule has 3 aromatic rings. The molecule has 4 rings (SSSR count). The van der Waals surface area contributed by atoms with Gasteiger partial charge in [0.2, 0.25) is 0 Å². The van der Waals surface area contributed by atoms with Gasteiger partial charge in [-0.1, -0.05) is 35.7 Å². The molecule has 2 aromatic carbocycles. The molecule has 1 fully saturated rings. The number of hydrogen-bond acceptors (Lipinski definition) is 4. The second kappa shape index (κ2) is 11.5. The number of benzene rings is 2. The lowest BCUT2D eigenvalue weighted by Crippen LogP contribution is -2.30. The van der Waals surface area contributed by atoms with Crippen LogP contribution in [0.4, 0.5) is 13.2 Å². The van der Waals surface area contributed by atoms with E-state index in [1.165, 1.54) is 12.1 Å². The van der Waals surface area contributed by atoms with Crippen LogP contribution in [-0.2, 0) is 6.54 Å². The van der Waals surface area contributed by atoms with Crippen LogP contribution < -0.4 is 5.32 Å². The Morgan fingerprint density at radius 3 is 2.54 bits per heavy atom. The summed E-state index contributed by atoms with van der Waals surface area (Å²) in [6.07, 6.45) is -0.908. The fourth-order valence-electron chi connectivity index (χ4n) is 4.29. The molecule has 194 valence electrons. The number of rotatable bonds is 6. The van der Waals surface area contributed by atoms with Crippen LogP contribution in [0, 0.1) is 30.5 Å². The maximum absolute atomic E-state index is 14.1. The zero-order valence-corrected chi connectivity index (χ0v) is 20.7. The topological polar surface area (TPSA) is 70.4 Å². The summed E-state index contributed by atoms with van der Waals surface area (Å²) in [5, 5.41) is 17.3. The molecule has 0 spiro atoms. The van der Waals surface area contributed by atoms with Gasteiger partial charge < -0.3 is 15.3 Å². The first-order chi connectivity index (χ1) is 17.7. The van der Waals surface area contributed by atoms with Crippen molar-refractivity contribution in [1.29, 1.82) is 0 Å². The van der Waals surface area contributed by atoms with Crippen molar-refractivity contribution in [2.45, 2.75) is 38.8 Å². The van der Waals surface area contributed by atoms with Crippen molar-refractivity contribution in [3.05, 3.63) is 82.4 Å². The van der Waals surface area contributed by atoms with Gasteiger partial charge in [0.15, 0.2) is 5.69 Å². The van der Waals surface area contributed by atoms with Gasteiger partial charge in [0.05, 0.1) is 6.04 Å². The third-order valence-corrected chi connectivity index (χ3v) is 6.43.